The zero-order valence-corrected chi connectivity index (χ0v) is 13.0. The molecule has 0 fully saturated rings. The smallest absolute Gasteiger partial charge is 0.261 e. The quantitative estimate of drug-likeness (QED) is 0.698. The fourth-order valence-corrected chi connectivity index (χ4v) is 3.14. The summed E-state index contributed by atoms with van der Waals surface area (Å²) in [5, 5.41) is 2.39. The first-order valence-corrected chi connectivity index (χ1v) is 7.52. The Kier molecular flexibility index (Phi) is 2.99. The number of hydrogen-bond donors (Lipinski definition) is 0. The standard InChI is InChI=1S/C18H16N2O3/c1-19(2)7-8-20-17(21)13-5-3-4-12-15(13)14(18(20)22)10-11-6-9-23-16(11)12/h3-6,9-10H,7-8H2,1-2H3. The van der Waals surface area contributed by atoms with Gasteiger partial charge in [0, 0.05) is 40.4 Å². The zero-order chi connectivity index (χ0) is 16.1. The van der Waals surface area contributed by atoms with Crippen LogP contribution in [0, 0.1) is 0 Å². The lowest BCUT2D eigenvalue weighted by Gasteiger charge is -2.28. The largest absolute Gasteiger partial charge is 0.464 e. The van der Waals surface area contributed by atoms with Crippen molar-refractivity contribution >= 4 is 33.6 Å². The van der Waals surface area contributed by atoms with Gasteiger partial charge < -0.3 is 9.32 Å². The zero-order valence-electron chi connectivity index (χ0n) is 13.0. The number of rotatable bonds is 3. The summed E-state index contributed by atoms with van der Waals surface area (Å²) in [7, 11) is 3.84. The number of carbonyl (C=O) groups is 2. The van der Waals surface area contributed by atoms with Crippen LogP contribution in [0.5, 0.6) is 0 Å². The Balaban J connectivity index is 1.96. The van der Waals surface area contributed by atoms with Gasteiger partial charge in [0.15, 0.2) is 0 Å². The molecule has 1 aromatic heterocycles. The van der Waals surface area contributed by atoms with Gasteiger partial charge in [0.05, 0.1) is 6.26 Å². The SMILES string of the molecule is CN(C)CCN1C(=O)c2cccc3c2c(cc2ccoc23)C1=O. The van der Waals surface area contributed by atoms with Crippen LogP contribution in [0.3, 0.4) is 0 Å². The van der Waals surface area contributed by atoms with Crippen LogP contribution in [0.25, 0.3) is 21.7 Å². The van der Waals surface area contributed by atoms with Gasteiger partial charge in [-0.15, -0.1) is 0 Å². The van der Waals surface area contributed by atoms with Crippen molar-refractivity contribution in [3.05, 3.63) is 47.7 Å². The maximum absolute atomic E-state index is 12.8. The second-order valence-corrected chi connectivity index (χ2v) is 6.06. The number of nitrogens with zero attached hydrogens (tertiary/aromatic N) is 2. The van der Waals surface area contributed by atoms with Crippen LogP contribution >= 0.6 is 0 Å². The van der Waals surface area contributed by atoms with Crippen LogP contribution in [0.15, 0.2) is 41.0 Å². The number of likely N-dealkylation sites (N-methyl/N-ethyl adjacent to an activating group) is 1. The number of carbonyl (C=O) groups excluding carboxylic acids is 2. The number of furan rings is 1. The molecule has 0 bridgehead atoms. The number of benzene rings is 2. The van der Waals surface area contributed by atoms with Crippen molar-refractivity contribution in [1.82, 2.24) is 9.80 Å². The molecule has 0 N–H and O–H groups in total. The molecule has 0 unspecified atom stereocenters. The molecule has 0 aliphatic carbocycles. The summed E-state index contributed by atoms with van der Waals surface area (Å²) in [6.45, 7) is 1.01. The number of hydrogen-bond acceptors (Lipinski definition) is 4. The molecule has 0 atom stereocenters. The van der Waals surface area contributed by atoms with Crippen LogP contribution in [-0.4, -0.2) is 48.8 Å². The van der Waals surface area contributed by atoms with Gasteiger partial charge in [0.2, 0.25) is 0 Å². The Hall–Kier alpha value is -2.66. The summed E-state index contributed by atoms with van der Waals surface area (Å²) in [6.07, 6.45) is 1.61. The topological polar surface area (TPSA) is 53.8 Å². The molecular weight excluding hydrogens is 292 g/mol. The lowest BCUT2D eigenvalue weighted by Crippen LogP contribution is -2.43. The van der Waals surface area contributed by atoms with Crippen LogP contribution in [0.1, 0.15) is 20.7 Å². The van der Waals surface area contributed by atoms with Crippen molar-refractivity contribution in [2.75, 3.05) is 27.2 Å². The van der Waals surface area contributed by atoms with Crippen molar-refractivity contribution < 1.29 is 14.0 Å². The minimum atomic E-state index is -0.235. The average molecular weight is 308 g/mol. The number of amides is 2. The highest BCUT2D eigenvalue weighted by Gasteiger charge is 2.33. The molecule has 23 heavy (non-hydrogen) atoms. The summed E-state index contributed by atoms with van der Waals surface area (Å²) < 4.78 is 5.54. The maximum atomic E-state index is 12.8. The van der Waals surface area contributed by atoms with E-state index in [2.05, 4.69) is 0 Å². The third-order valence-corrected chi connectivity index (χ3v) is 4.30. The minimum absolute atomic E-state index is 0.233. The normalized spacial score (nSPS) is 14.5. The van der Waals surface area contributed by atoms with Crippen molar-refractivity contribution in [3.63, 3.8) is 0 Å². The first-order chi connectivity index (χ1) is 11.1. The summed E-state index contributed by atoms with van der Waals surface area (Å²) in [5.74, 6) is -0.468. The molecule has 3 aromatic rings. The molecule has 116 valence electrons. The average Bonchev–Trinajstić information content (AvgIpc) is 3.00. The fraction of sp³-hybridized carbons (Fsp3) is 0.222. The van der Waals surface area contributed by atoms with Crippen LogP contribution < -0.4 is 0 Å². The highest BCUT2D eigenvalue weighted by Crippen LogP contribution is 2.35. The van der Waals surface area contributed by atoms with E-state index in [1.54, 1.807) is 12.3 Å². The maximum Gasteiger partial charge on any atom is 0.261 e. The van der Waals surface area contributed by atoms with E-state index >= 15 is 0 Å². The first-order valence-electron chi connectivity index (χ1n) is 7.52. The molecule has 0 radical (unpaired) electrons. The first kappa shape index (κ1) is 14.0. The van der Waals surface area contributed by atoms with Gasteiger partial charge in [-0.1, -0.05) is 12.1 Å². The highest BCUT2D eigenvalue weighted by atomic mass is 16.3. The van der Waals surface area contributed by atoms with Crippen LogP contribution in [0.4, 0.5) is 0 Å². The predicted octanol–water partition coefficient (Wildman–Crippen LogP) is 2.74. The van der Waals surface area contributed by atoms with E-state index in [-0.39, 0.29) is 11.8 Å². The molecule has 2 amide bonds. The van der Waals surface area contributed by atoms with Crippen LogP contribution in [0.2, 0.25) is 0 Å². The van der Waals surface area contributed by atoms with E-state index in [1.807, 2.05) is 43.3 Å². The highest BCUT2D eigenvalue weighted by molar-refractivity contribution is 6.28. The Morgan fingerprint density at radius 2 is 1.87 bits per heavy atom. The van der Waals surface area contributed by atoms with Gasteiger partial charge in [-0.25, -0.2) is 0 Å². The Morgan fingerprint density at radius 1 is 1.09 bits per heavy atom. The van der Waals surface area contributed by atoms with E-state index in [0.717, 1.165) is 10.8 Å². The Labute approximate surface area is 133 Å². The fourth-order valence-electron chi connectivity index (χ4n) is 3.14. The predicted molar refractivity (Wildman–Crippen MR) is 87.6 cm³/mol. The summed E-state index contributed by atoms with van der Waals surface area (Å²) >= 11 is 0. The number of fused-ring (bicyclic) bond motifs is 2. The molecule has 0 saturated carbocycles. The summed E-state index contributed by atoms with van der Waals surface area (Å²) in [6, 6.07) is 9.16. The van der Waals surface area contributed by atoms with E-state index < -0.39 is 0 Å². The second kappa shape index (κ2) is 4.93. The van der Waals surface area contributed by atoms with E-state index in [9.17, 15) is 9.59 Å². The molecule has 0 spiro atoms. The van der Waals surface area contributed by atoms with Crippen molar-refractivity contribution in [3.8, 4) is 0 Å². The lowest BCUT2D eigenvalue weighted by molar-refractivity contribution is 0.0601. The molecule has 2 heterocycles. The van der Waals surface area contributed by atoms with Crippen molar-refractivity contribution in [2.45, 2.75) is 0 Å². The van der Waals surface area contributed by atoms with Gasteiger partial charge in [0.1, 0.15) is 5.58 Å². The molecule has 5 nitrogen and oxygen atoms in total. The Morgan fingerprint density at radius 3 is 2.65 bits per heavy atom. The molecule has 1 aliphatic heterocycles. The third-order valence-electron chi connectivity index (χ3n) is 4.30. The monoisotopic (exact) mass is 308 g/mol. The summed E-state index contributed by atoms with van der Waals surface area (Å²) in [4.78, 5) is 28.9. The molecule has 0 saturated heterocycles. The molecule has 5 heteroatoms. The van der Waals surface area contributed by atoms with E-state index in [1.165, 1.54) is 4.90 Å². The third kappa shape index (κ3) is 1.97. The molecule has 2 aromatic carbocycles. The van der Waals surface area contributed by atoms with Crippen molar-refractivity contribution in [2.24, 2.45) is 0 Å². The van der Waals surface area contributed by atoms with Gasteiger partial charge >= 0.3 is 0 Å². The van der Waals surface area contributed by atoms with E-state index in [0.29, 0.717) is 35.2 Å². The Bertz CT molecular complexity index is 955. The van der Waals surface area contributed by atoms with Crippen LogP contribution in [-0.2, 0) is 0 Å². The summed E-state index contributed by atoms with van der Waals surface area (Å²) in [5.41, 5.74) is 1.85. The number of imide groups is 1. The molecular formula is C18H16N2O3. The van der Waals surface area contributed by atoms with E-state index in [4.69, 9.17) is 4.42 Å². The molecule has 1 aliphatic rings. The van der Waals surface area contributed by atoms with Gasteiger partial charge in [-0.3, -0.25) is 14.5 Å². The van der Waals surface area contributed by atoms with Crippen molar-refractivity contribution in [1.29, 1.82) is 0 Å². The molecule has 4 rings (SSSR count). The van der Waals surface area contributed by atoms with Gasteiger partial charge in [0.25, 0.3) is 11.8 Å². The van der Waals surface area contributed by atoms with Gasteiger partial charge in [-0.2, -0.15) is 0 Å². The minimum Gasteiger partial charge on any atom is -0.464 e. The second-order valence-electron chi connectivity index (χ2n) is 6.06. The van der Waals surface area contributed by atoms with Gasteiger partial charge in [-0.05, 0) is 32.3 Å². The lowest BCUT2D eigenvalue weighted by atomic mass is 9.92.